The lowest BCUT2D eigenvalue weighted by molar-refractivity contribution is 0.225. The molecule has 0 aromatic heterocycles. The van der Waals surface area contributed by atoms with Crippen LogP contribution >= 0.6 is 12.8 Å². The molecule has 0 atom stereocenters. The van der Waals surface area contributed by atoms with Crippen LogP contribution in [0, 0.1) is 0 Å². The highest BCUT2D eigenvalue weighted by Crippen LogP contribution is 2.01. The Bertz CT molecular complexity index is 165. The molecule has 0 spiro atoms. The summed E-state index contributed by atoms with van der Waals surface area (Å²) in [5.41, 5.74) is 0. The van der Waals surface area contributed by atoms with Crippen molar-refractivity contribution in [2.24, 2.45) is 0 Å². The van der Waals surface area contributed by atoms with Crippen LogP contribution in [0.2, 0.25) is 0 Å². The SMILES string of the molecule is CCCCCNC(=O)N(S)CCCCC. The Labute approximate surface area is 99.2 Å². The summed E-state index contributed by atoms with van der Waals surface area (Å²) >= 11 is 4.14. The molecule has 0 saturated heterocycles. The summed E-state index contributed by atoms with van der Waals surface area (Å²) in [7, 11) is 0. The first-order valence-corrected chi connectivity index (χ1v) is 6.36. The van der Waals surface area contributed by atoms with E-state index in [1.807, 2.05) is 0 Å². The van der Waals surface area contributed by atoms with Crippen molar-refractivity contribution < 1.29 is 4.79 Å². The van der Waals surface area contributed by atoms with Crippen molar-refractivity contribution in [3.05, 3.63) is 0 Å². The average molecular weight is 232 g/mol. The molecule has 0 bridgehead atoms. The van der Waals surface area contributed by atoms with Crippen LogP contribution in [0.3, 0.4) is 0 Å². The molecule has 4 heteroatoms. The van der Waals surface area contributed by atoms with Crippen molar-refractivity contribution in [1.82, 2.24) is 9.62 Å². The van der Waals surface area contributed by atoms with E-state index in [0.29, 0.717) is 0 Å². The van der Waals surface area contributed by atoms with E-state index in [9.17, 15) is 4.79 Å². The van der Waals surface area contributed by atoms with Gasteiger partial charge in [0.2, 0.25) is 0 Å². The standard InChI is InChI=1S/C11H24N2OS/c1-3-5-7-9-12-11(14)13(15)10-8-6-4-2/h15H,3-10H2,1-2H3,(H,12,14). The smallest absolute Gasteiger partial charge is 0.327 e. The van der Waals surface area contributed by atoms with Crippen molar-refractivity contribution >= 4 is 18.8 Å². The Balaban J connectivity index is 3.42. The van der Waals surface area contributed by atoms with E-state index in [4.69, 9.17) is 0 Å². The monoisotopic (exact) mass is 232 g/mol. The molecular formula is C11H24N2OS. The minimum Gasteiger partial charge on any atom is -0.337 e. The molecule has 15 heavy (non-hydrogen) atoms. The molecule has 0 rings (SSSR count). The molecule has 0 fully saturated rings. The average Bonchev–Trinajstić information content (AvgIpc) is 2.24. The Morgan fingerprint density at radius 3 is 2.33 bits per heavy atom. The zero-order valence-corrected chi connectivity index (χ0v) is 10.9. The molecular weight excluding hydrogens is 208 g/mol. The van der Waals surface area contributed by atoms with Crippen LogP contribution in [0.1, 0.15) is 52.4 Å². The van der Waals surface area contributed by atoms with E-state index in [0.717, 1.165) is 32.4 Å². The van der Waals surface area contributed by atoms with Crippen LogP contribution in [-0.4, -0.2) is 23.4 Å². The molecule has 0 unspecified atom stereocenters. The molecule has 0 aliphatic carbocycles. The second-order valence-corrected chi connectivity index (χ2v) is 4.25. The zero-order valence-electron chi connectivity index (χ0n) is 9.96. The predicted octanol–water partition coefficient (Wildman–Crippen LogP) is 3.22. The summed E-state index contributed by atoms with van der Waals surface area (Å²) in [6.07, 6.45) is 6.75. The Hall–Kier alpha value is -0.380. The molecule has 0 heterocycles. The van der Waals surface area contributed by atoms with Gasteiger partial charge in [0.1, 0.15) is 0 Å². The molecule has 0 aromatic carbocycles. The molecule has 0 aromatic rings. The predicted molar refractivity (Wildman–Crippen MR) is 68.1 cm³/mol. The Morgan fingerprint density at radius 2 is 1.73 bits per heavy atom. The van der Waals surface area contributed by atoms with Crippen LogP contribution in [0.4, 0.5) is 4.79 Å². The van der Waals surface area contributed by atoms with E-state index >= 15 is 0 Å². The maximum atomic E-state index is 11.4. The van der Waals surface area contributed by atoms with Gasteiger partial charge in [-0.2, -0.15) is 0 Å². The van der Waals surface area contributed by atoms with Crippen molar-refractivity contribution in [2.75, 3.05) is 13.1 Å². The topological polar surface area (TPSA) is 32.3 Å². The van der Waals surface area contributed by atoms with Gasteiger partial charge in [-0.1, -0.05) is 52.3 Å². The van der Waals surface area contributed by atoms with Gasteiger partial charge in [0.05, 0.1) is 0 Å². The minimum absolute atomic E-state index is 0.0643. The number of rotatable bonds is 8. The number of nitrogens with one attached hydrogen (secondary N) is 1. The van der Waals surface area contributed by atoms with Gasteiger partial charge in [0.15, 0.2) is 0 Å². The molecule has 2 amide bonds. The molecule has 0 saturated carbocycles. The number of unbranched alkanes of at least 4 members (excludes halogenated alkanes) is 4. The molecule has 0 aliphatic rings. The third kappa shape index (κ3) is 8.60. The van der Waals surface area contributed by atoms with Gasteiger partial charge in [-0.15, -0.1) is 0 Å². The van der Waals surface area contributed by atoms with E-state index in [1.54, 1.807) is 0 Å². The first-order valence-electron chi connectivity index (χ1n) is 5.96. The first kappa shape index (κ1) is 14.6. The van der Waals surface area contributed by atoms with Gasteiger partial charge >= 0.3 is 6.03 Å². The normalized spacial score (nSPS) is 10.1. The molecule has 90 valence electrons. The fraction of sp³-hybridized carbons (Fsp3) is 0.909. The number of thiol groups is 1. The van der Waals surface area contributed by atoms with E-state index < -0.39 is 0 Å². The summed E-state index contributed by atoms with van der Waals surface area (Å²) in [6, 6.07) is -0.0643. The van der Waals surface area contributed by atoms with Crippen LogP contribution < -0.4 is 5.32 Å². The van der Waals surface area contributed by atoms with Crippen molar-refractivity contribution in [1.29, 1.82) is 0 Å². The largest absolute Gasteiger partial charge is 0.337 e. The summed E-state index contributed by atoms with van der Waals surface area (Å²) in [6.45, 7) is 5.79. The highest BCUT2D eigenvalue weighted by atomic mass is 32.1. The second kappa shape index (κ2) is 10.1. The highest BCUT2D eigenvalue weighted by Gasteiger charge is 2.07. The summed E-state index contributed by atoms with van der Waals surface area (Å²) in [5, 5.41) is 2.85. The van der Waals surface area contributed by atoms with Crippen LogP contribution in [0.25, 0.3) is 0 Å². The summed E-state index contributed by atoms with van der Waals surface area (Å²) < 4.78 is 1.47. The minimum atomic E-state index is -0.0643. The molecule has 1 N–H and O–H groups in total. The third-order valence-electron chi connectivity index (χ3n) is 2.26. The van der Waals surface area contributed by atoms with Crippen LogP contribution in [0.15, 0.2) is 0 Å². The number of amides is 2. The fourth-order valence-electron chi connectivity index (χ4n) is 1.27. The second-order valence-electron chi connectivity index (χ2n) is 3.77. The van der Waals surface area contributed by atoms with Gasteiger partial charge in [-0.3, -0.25) is 4.31 Å². The lowest BCUT2D eigenvalue weighted by Gasteiger charge is -2.16. The Morgan fingerprint density at radius 1 is 1.13 bits per heavy atom. The molecule has 3 nitrogen and oxygen atoms in total. The van der Waals surface area contributed by atoms with E-state index in [1.165, 1.54) is 23.6 Å². The van der Waals surface area contributed by atoms with Crippen molar-refractivity contribution in [3.8, 4) is 0 Å². The molecule has 0 radical (unpaired) electrons. The summed E-state index contributed by atoms with van der Waals surface area (Å²) in [5.74, 6) is 0. The van der Waals surface area contributed by atoms with Crippen LogP contribution in [-0.2, 0) is 0 Å². The van der Waals surface area contributed by atoms with Gasteiger partial charge in [0.25, 0.3) is 0 Å². The number of urea groups is 1. The van der Waals surface area contributed by atoms with Gasteiger partial charge in [-0.25, -0.2) is 4.79 Å². The van der Waals surface area contributed by atoms with Gasteiger partial charge < -0.3 is 5.32 Å². The maximum absolute atomic E-state index is 11.4. The van der Waals surface area contributed by atoms with Gasteiger partial charge in [-0.05, 0) is 12.8 Å². The summed E-state index contributed by atoms with van der Waals surface area (Å²) in [4.78, 5) is 11.4. The third-order valence-corrected chi connectivity index (χ3v) is 2.65. The quantitative estimate of drug-likeness (QED) is 0.489. The maximum Gasteiger partial charge on any atom is 0.327 e. The fourth-order valence-corrected chi connectivity index (χ4v) is 1.49. The first-order chi connectivity index (χ1) is 7.22. The van der Waals surface area contributed by atoms with E-state index in [2.05, 4.69) is 32.0 Å². The van der Waals surface area contributed by atoms with Crippen LogP contribution in [0.5, 0.6) is 0 Å². The van der Waals surface area contributed by atoms with Crippen molar-refractivity contribution in [3.63, 3.8) is 0 Å². The lowest BCUT2D eigenvalue weighted by atomic mass is 10.2. The van der Waals surface area contributed by atoms with Gasteiger partial charge in [0, 0.05) is 13.1 Å². The number of carbonyl (C=O) groups is 1. The Kier molecular flexibility index (Phi) is 9.89. The van der Waals surface area contributed by atoms with Crippen molar-refractivity contribution in [2.45, 2.75) is 52.4 Å². The van der Waals surface area contributed by atoms with E-state index in [-0.39, 0.29) is 6.03 Å². The number of hydrogen-bond donors (Lipinski definition) is 2. The lowest BCUT2D eigenvalue weighted by Crippen LogP contribution is -2.35. The molecule has 0 aliphatic heterocycles. The number of carbonyl (C=O) groups excluding carboxylic acids is 1. The highest BCUT2D eigenvalue weighted by molar-refractivity contribution is 7.78. The zero-order chi connectivity index (χ0) is 11.5. The number of hydrogen-bond acceptors (Lipinski definition) is 2. The number of nitrogens with zero attached hydrogens (tertiary/aromatic N) is 1.